The first-order valence-electron chi connectivity index (χ1n) is 8.55. The van der Waals surface area contributed by atoms with Crippen LogP contribution in [0.15, 0.2) is 47.1 Å². The van der Waals surface area contributed by atoms with E-state index in [1.807, 2.05) is 30.3 Å². The predicted octanol–water partition coefficient (Wildman–Crippen LogP) is 5.48. The fraction of sp³-hybridized carbons (Fsp3) is 0.500. The molecule has 24 heavy (non-hydrogen) atoms. The van der Waals surface area contributed by atoms with Gasteiger partial charge >= 0.3 is 7.82 Å². The number of oxime groups is 1. The Balaban J connectivity index is 2.21. The number of allylic oxidation sites excluding steroid dienone is 2. The van der Waals surface area contributed by atoms with Crippen molar-refractivity contribution in [1.82, 2.24) is 0 Å². The average Bonchev–Trinajstić information content (AvgIpc) is 2.61. The summed E-state index contributed by atoms with van der Waals surface area (Å²) in [5.41, 5.74) is 3.03. The van der Waals surface area contributed by atoms with Crippen LogP contribution in [0.2, 0.25) is 0 Å². The summed E-state index contributed by atoms with van der Waals surface area (Å²) in [5, 5.41) is 4.16. The van der Waals surface area contributed by atoms with Gasteiger partial charge < -0.3 is 0 Å². The first-order valence-corrected chi connectivity index (χ1v) is 10.0. The van der Waals surface area contributed by atoms with Gasteiger partial charge in [-0.25, -0.2) is 4.57 Å². The highest BCUT2D eigenvalue weighted by Gasteiger charge is 2.27. The summed E-state index contributed by atoms with van der Waals surface area (Å²) in [7, 11) is -3.65. The van der Waals surface area contributed by atoms with Crippen molar-refractivity contribution in [2.45, 2.75) is 46.0 Å². The van der Waals surface area contributed by atoms with E-state index in [2.05, 4.69) is 11.2 Å². The van der Waals surface area contributed by atoms with E-state index in [1.54, 1.807) is 13.8 Å². The normalized spacial score (nSPS) is 15.9. The molecule has 132 valence electrons. The molecule has 1 aliphatic carbocycles. The van der Waals surface area contributed by atoms with Crippen molar-refractivity contribution in [2.75, 3.05) is 13.2 Å². The van der Waals surface area contributed by atoms with Crippen molar-refractivity contribution in [3.63, 3.8) is 0 Å². The molecule has 6 heteroatoms. The van der Waals surface area contributed by atoms with Gasteiger partial charge in [-0.05, 0) is 45.1 Å². The maximum absolute atomic E-state index is 12.5. The molecule has 0 saturated carbocycles. The van der Waals surface area contributed by atoms with Gasteiger partial charge in [-0.1, -0.05) is 47.1 Å². The quantitative estimate of drug-likeness (QED) is 0.256. The van der Waals surface area contributed by atoms with Gasteiger partial charge in [0, 0.05) is 6.42 Å². The van der Waals surface area contributed by atoms with E-state index in [4.69, 9.17) is 13.7 Å². The highest BCUT2D eigenvalue weighted by atomic mass is 31.2. The van der Waals surface area contributed by atoms with Crippen LogP contribution in [0.3, 0.4) is 0 Å². The molecule has 0 atom stereocenters. The molecule has 0 saturated heterocycles. The maximum Gasteiger partial charge on any atom is 0.550 e. The highest BCUT2D eigenvalue weighted by Crippen LogP contribution is 2.49. The van der Waals surface area contributed by atoms with Gasteiger partial charge in [0.05, 0.1) is 18.9 Å². The molecule has 0 N–H and O–H groups in total. The van der Waals surface area contributed by atoms with E-state index in [0.717, 1.165) is 24.1 Å². The molecule has 0 fully saturated rings. The van der Waals surface area contributed by atoms with Gasteiger partial charge in [0.15, 0.2) is 0 Å². The molecular weight excluding hydrogens is 325 g/mol. The van der Waals surface area contributed by atoms with Crippen LogP contribution in [0.1, 0.15) is 51.5 Å². The molecule has 0 unspecified atom stereocenters. The van der Waals surface area contributed by atoms with E-state index < -0.39 is 7.82 Å². The molecule has 2 rings (SSSR count). The molecule has 1 aliphatic rings. The van der Waals surface area contributed by atoms with E-state index >= 15 is 0 Å². The summed E-state index contributed by atoms with van der Waals surface area (Å²) < 4.78 is 28.0. The SMILES string of the molecule is CCOP(=O)(OCC)ON=C(CC1=CCCCC1)c1ccccc1. The third-order valence-electron chi connectivity index (χ3n) is 3.71. The summed E-state index contributed by atoms with van der Waals surface area (Å²) in [6.07, 6.45) is 7.57. The number of phosphoric ester groups is 1. The second-order valence-electron chi connectivity index (χ2n) is 5.55. The van der Waals surface area contributed by atoms with Gasteiger partial charge in [0.2, 0.25) is 0 Å². The van der Waals surface area contributed by atoms with Crippen LogP contribution in [0.5, 0.6) is 0 Å². The minimum atomic E-state index is -3.65. The first kappa shape index (κ1) is 18.9. The Kier molecular flexibility index (Phi) is 7.70. The van der Waals surface area contributed by atoms with Crippen molar-refractivity contribution in [3.05, 3.63) is 47.5 Å². The molecular formula is C18H26NO4P. The lowest BCUT2D eigenvalue weighted by Crippen LogP contribution is -2.06. The minimum Gasteiger partial charge on any atom is -0.292 e. The van der Waals surface area contributed by atoms with Gasteiger partial charge in [-0.15, -0.1) is 0 Å². The Morgan fingerprint density at radius 3 is 2.42 bits per heavy atom. The lowest BCUT2D eigenvalue weighted by Gasteiger charge is -2.16. The second-order valence-corrected chi connectivity index (χ2v) is 7.13. The van der Waals surface area contributed by atoms with Crippen LogP contribution in [0.4, 0.5) is 0 Å². The number of rotatable bonds is 9. The Morgan fingerprint density at radius 2 is 1.83 bits per heavy atom. The number of hydrogen-bond acceptors (Lipinski definition) is 5. The molecule has 0 amide bonds. The molecule has 1 aromatic rings. The Hall–Kier alpha value is -1.42. The summed E-state index contributed by atoms with van der Waals surface area (Å²) >= 11 is 0. The highest BCUT2D eigenvalue weighted by molar-refractivity contribution is 7.48. The van der Waals surface area contributed by atoms with Crippen LogP contribution in [0.25, 0.3) is 0 Å². The Morgan fingerprint density at radius 1 is 1.12 bits per heavy atom. The zero-order valence-electron chi connectivity index (χ0n) is 14.4. The molecule has 0 radical (unpaired) electrons. The Bertz CT molecular complexity index is 603. The van der Waals surface area contributed by atoms with E-state index in [-0.39, 0.29) is 13.2 Å². The van der Waals surface area contributed by atoms with Crippen LogP contribution in [-0.2, 0) is 18.2 Å². The lowest BCUT2D eigenvalue weighted by atomic mass is 9.93. The monoisotopic (exact) mass is 351 g/mol. The van der Waals surface area contributed by atoms with Crippen molar-refractivity contribution in [2.24, 2.45) is 5.16 Å². The lowest BCUT2D eigenvalue weighted by molar-refractivity contribution is 0.125. The molecule has 0 aromatic heterocycles. The maximum atomic E-state index is 12.5. The molecule has 0 heterocycles. The zero-order chi connectivity index (χ0) is 17.3. The third kappa shape index (κ3) is 5.90. The topological polar surface area (TPSA) is 57.1 Å². The van der Waals surface area contributed by atoms with Crippen LogP contribution >= 0.6 is 7.82 Å². The summed E-state index contributed by atoms with van der Waals surface area (Å²) in [6, 6.07) is 9.79. The van der Waals surface area contributed by atoms with E-state index in [0.29, 0.717) is 6.42 Å². The molecule has 0 bridgehead atoms. The minimum absolute atomic E-state index is 0.235. The summed E-state index contributed by atoms with van der Waals surface area (Å²) in [4.78, 5) is 0. The van der Waals surface area contributed by atoms with Crippen LogP contribution in [0, 0.1) is 0 Å². The molecule has 5 nitrogen and oxygen atoms in total. The average molecular weight is 351 g/mol. The van der Waals surface area contributed by atoms with Crippen LogP contribution in [-0.4, -0.2) is 18.9 Å². The first-order chi connectivity index (χ1) is 11.7. The van der Waals surface area contributed by atoms with Crippen molar-refractivity contribution < 1.29 is 18.2 Å². The third-order valence-corrected chi connectivity index (χ3v) is 5.14. The standard InChI is InChI=1S/C18H26NO4P/c1-3-21-24(20,22-4-2)23-19-18(17-13-9-6-10-14-17)15-16-11-7-5-8-12-16/h6,9-11,13-14H,3-5,7-8,12,15H2,1-2H3. The van der Waals surface area contributed by atoms with Gasteiger partial charge in [-0.3, -0.25) is 13.7 Å². The van der Waals surface area contributed by atoms with E-state index in [9.17, 15) is 4.57 Å². The van der Waals surface area contributed by atoms with Gasteiger partial charge in [-0.2, -0.15) is 0 Å². The van der Waals surface area contributed by atoms with Crippen molar-refractivity contribution >= 4 is 13.5 Å². The van der Waals surface area contributed by atoms with E-state index in [1.165, 1.54) is 18.4 Å². The number of nitrogens with zero attached hydrogens (tertiary/aromatic N) is 1. The Labute approximate surface area is 144 Å². The van der Waals surface area contributed by atoms with Crippen molar-refractivity contribution in [3.8, 4) is 0 Å². The number of hydrogen-bond donors (Lipinski definition) is 0. The molecule has 0 spiro atoms. The number of phosphoric acid groups is 1. The smallest absolute Gasteiger partial charge is 0.292 e. The summed E-state index contributed by atoms with van der Waals surface area (Å²) in [5.74, 6) is 0. The van der Waals surface area contributed by atoms with Gasteiger partial charge in [0.25, 0.3) is 0 Å². The molecule has 0 aliphatic heterocycles. The zero-order valence-corrected chi connectivity index (χ0v) is 15.3. The number of benzene rings is 1. The predicted molar refractivity (Wildman–Crippen MR) is 96.1 cm³/mol. The van der Waals surface area contributed by atoms with Crippen LogP contribution < -0.4 is 0 Å². The van der Waals surface area contributed by atoms with Crippen molar-refractivity contribution in [1.29, 1.82) is 0 Å². The molecule has 1 aromatic carbocycles. The van der Waals surface area contributed by atoms with Gasteiger partial charge in [0.1, 0.15) is 0 Å². The largest absolute Gasteiger partial charge is 0.550 e. The second kappa shape index (κ2) is 9.77. The fourth-order valence-electron chi connectivity index (χ4n) is 2.60. The fourth-order valence-corrected chi connectivity index (χ4v) is 3.60. The summed E-state index contributed by atoms with van der Waals surface area (Å²) in [6.45, 7) is 3.95.